The molecular formula is C23H25F3O5. The summed E-state index contributed by atoms with van der Waals surface area (Å²) < 4.78 is 50.6. The Hall–Kier alpha value is -3.03. The Labute approximate surface area is 179 Å². The first kappa shape index (κ1) is 24.2. The lowest BCUT2D eigenvalue weighted by molar-refractivity contribution is -0.274. The van der Waals surface area contributed by atoms with Gasteiger partial charge in [0.15, 0.2) is 0 Å². The molecule has 0 spiro atoms. The van der Waals surface area contributed by atoms with Crippen molar-refractivity contribution in [2.24, 2.45) is 0 Å². The molecule has 0 aliphatic rings. The minimum absolute atomic E-state index is 0.118. The standard InChI is InChI=1S/C23H25F3O5/c1-2-3-4-5-6-15-29-21(27)18-9-11-19(12-10-18)22(28)30-16-17-7-13-20(14-8-17)31-23(24,25)26/h7-14H,2-6,15-16H2,1H3. The fraction of sp³-hybridized carbons (Fsp3) is 0.391. The molecule has 8 heteroatoms. The maximum Gasteiger partial charge on any atom is 0.573 e. The van der Waals surface area contributed by atoms with Gasteiger partial charge in [0.2, 0.25) is 0 Å². The van der Waals surface area contributed by atoms with Crippen molar-refractivity contribution in [2.75, 3.05) is 6.61 Å². The van der Waals surface area contributed by atoms with Gasteiger partial charge in [0.25, 0.3) is 0 Å². The number of carbonyl (C=O) groups is 2. The van der Waals surface area contributed by atoms with Gasteiger partial charge < -0.3 is 14.2 Å². The highest BCUT2D eigenvalue weighted by atomic mass is 19.4. The molecule has 2 aromatic rings. The van der Waals surface area contributed by atoms with E-state index in [1.165, 1.54) is 42.8 Å². The zero-order chi connectivity index (χ0) is 22.7. The molecule has 0 saturated carbocycles. The van der Waals surface area contributed by atoms with Gasteiger partial charge in [-0.2, -0.15) is 0 Å². The third-order valence-corrected chi connectivity index (χ3v) is 4.36. The Kier molecular flexibility index (Phi) is 9.37. The van der Waals surface area contributed by atoms with Crippen molar-refractivity contribution in [3.63, 3.8) is 0 Å². The van der Waals surface area contributed by atoms with Crippen LogP contribution in [0.3, 0.4) is 0 Å². The Morgan fingerprint density at radius 1 is 0.774 bits per heavy atom. The molecule has 0 heterocycles. The number of benzene rings is 2. The summed E-state index contributed by atoms with van der Waals surface area (Å²) in [7, 11) is 0. The lowest BCUT2D eigenvalue weighted by Gasteiger charge is -2.10. The van der Waals surface area contributed by atoms with Gasteiger partial charge in [-0.05, 0) is 48.4 Å². The van der Waals surface area contributed by atoms with E-state index in [1.807, 2.05) is 0 Å². The molecule has 0 saturated heterocycles. The van der Waals surface area contributed by atoms with Gasteiger partial charge in [0, 0.05) is 0 Å². The monoisotopic (exact) mass is 438 g/mol. The lowest BCUT2D eigenvalue weighted by Crippen LogP contribution is -2.17. The van der Waals surface area contributed by atoms with Crippen LogP contribution in [-0.4, -0.2) is 24.9 Å². The Morgan fingerprint density at radius 2 is 1.32 bits per heavy atom. The largest absolute Gasteiger partial charge is 0.573 e. The van der Waals surface area contributed by atoms with Gasteiger partial charge in [-0.3, -0.25) is 0 Å². The summed E-state index contributed by atoms with van der Waals surface area (Å²) in [5.41, 5.74) is 1.08. The number of ether oxygens (including phenoxy) is 3. The van der Waals surface area contributed by atoms with Crippen LogP contribution >= 0.6 is 0 Å². The smallest absolute Gasteiger partial charge is 0.462 e. The van der Waals surface area contributed by atoms with E-state index >= 15 is 0 Å². The highest BCUT2D eigenvalue weighted by Crippen LogP contribution is 2.23. The van der Waals surface area contributed by atoms with E-state index in [2.05, 4.69) is 11.7 Å². The van der Waals surface area contributed by atoms with E-state index in [4.69, 9.17) is 9.47 Å². The quantitative estimate of drug-likeness (QED) is 0.315. The number of hydrogen-bond acceptors (Lipinski definition) is 5. The number of unbranched alkanes of at least 4 members (excludes halogenated alkanes) is 4. The Morgan fingerprint density at radius 3 is 1.87 bits per heavy atom. The molecule has 5 nitrogen and oxygen atoms in total. The molecule has 2 aromatic carbocycles. The fourth-order valence-corrected chi connectivity index (χ4v) is 2.72. The van der Waals surface area contributed by atoms with Gasteiger partial charge in [-0.1, -0.05) is 44.7 Å². The Bertz CT molecular complexity index is 830. The zero-order valence-corrected chi connectivity index (χ0v) is 17.2. The average Bonchev–Trinajstić information content (AvgIpc) is 2.74. The van der Waals surface area contributed by atoms with E-state index in [1.54, 1.807) is 0 Å². The maximum absolute atomic E-state index is 12.2. The fourth-order valence-electron chi connectivity index (χ4n) is 2.72. The summed E-state index contributed by atoms with van der Waals surface area (Å²) in [6.45, 7) is 2.37. The normalized spacial score (nSPS) is 11.1. The predicted octanol–water partition coefficient (Wildman–Crippen LogP) is 6.07. The highest BCUT2D eigenvalue weighted by Gasteiger charge is 2.30. The van der Waals surface area contributed by atoms with Crippen LogP contribution in [0.25, 0.3) is 0 Å². The summed E-state index contributed by atoms with van der Waals surface area (Å²) >= 11 is 0. The second kappa shape index (κ2) is 12.0. The summed E-state index contributed by atoms with van der Waals surface area (Å²) in [5, 5.41) is 0. The van der Waals surface area contributed by atoms with E-state index < -0.39 is 18.3 Å². The second-order valence-electron chi connectivity index (χ2n) is 6.90. The van der Waals surface area contributed by atoms with Crippen molar-refractivity contribution in [2.45, 2.75) is 52.0 Å². The number of alkyl halides is 3. The van der Waals surface area contributed by atoms with Crippen molar-refractivity contribution in [3.05, 3.63) is 65.2 Å². The van der Waals surface area contributed by atoms with Crippen LogP contribution in [-0.2, 0) is 16.1 Å². The minimum atomic E-state index is -4.76. The summed E-state index contributed by atoms with van der Waals surface area (Å²) in [4.78, 5) is 24.2. The van der Waals surface area contributed by atoms with Crippen LogP contribution in [0.5, 0.6) is 5.75 Å². The SMILES string of the molecule is CCCCCCCOC(=O)c1ccc(C(=O)OCc2ccc(OC(F)(F)F)cc2)cc1. The first-order chi connectivity index (χ1) is 14.8. The van der Waals surface area contributed by atoms with E-state index in [0.29, 0.717) is 17.7 Å². The Balaban J connectivity index is 1.78. The highest BCUT2D eigenvalue weighted by molar-refractivity contribution is 5.93. The minimum Gasteiger partial charge on any atom is -0.462 e. The van der Waals surface area contributed by atoms with Crippen LogP contribution in [0.15, 0.2) is 48.5 Å². The zero-order valence-electron chi connectivity index (χ0n) is 17.2. The van der Waals surface area contributed by atoms with Gasteiger partial charge in [0.05, 0.1) is 17.7 Å². The third-order valence-electron chi connectivity index (χ3n) is 4.36. The molecule has 0 aromatic heterocycles. The molecular weight excluding hydrogens is 413 g/mol. The van der Waals surface area contributed by atoms with Gasteiger partial charge in [0.1, 0.15) is 12.4 Å². The van der Waals surface area contributed by atoms with Crippen LogP contribution in [0.2, 0.25) is 0 Å². The summed E-state index contributed by atoms with van der Waals surface area (Å²) in [5.74, 6) is -1.42. The number of carbonyl (C=O) groups excluding carboxylic acids is 2. The number of hydrogen-bond donors (Lipinski definition) is 0. The van der Waals surface area contributed by atoms with Crippen LogP contribution < -0.4 is 4.74 Å². The second-order valence-corrected chi connectivity index (χ2v) is 6.90. The van der Waals surface area contributed by atoms with E-state index in [9.17, 15) is 22.8 Å². The molecule has 0 aliphatic carbocycles. The topological polar surface area (TPSA) is 61.8 Å². The van der Waals surface area contributed by atoms with Crippen molar-refractivity contribution in [3.8, 4) is 5.75 Å². The van der Waals surface area contributed by atoms with Crippen molar-refractivity contribution >= 4 is 11.9 Å². The van der Waals surface area contributed by atoms with E-state index in [0.717, 1.165) is 37.8 Å². The molecule has 0 radical (unpaired) electrons. The van der Waals surface area contributed by atoms with Crippen molar-refractivity contribution in [1.82, 2.24) is 0 Å². The average molecular weight is 438 g/mol. The van der Waals surface area contributed by atoms with Crippen molar-refractivity contribution in [1.29, 1.82) is 0 Å². The molecule has 0 N–H and O–H groups in total. The van der Waals surface area contributed by atoms with Gasteiger partial charge >= 0.3 is 18.3 Å². The van der Waals surface area contributed by atoms with Crippen LogP contribution in [0.4, 0.5) is 13.2 Å². The van der Waals surface area contributed by atoms with Crippen molar-refractivity contribution < 1.29 is 37.0 Å². The maximum atomic E-state index is 12.2. The molecule has 168 valence electrons. The third kappa shape index (κ3) is 9.11. The number of esters is 2. The van der Waals surface area contributed by atoms with E-state index in [-0.39, 0.29) is 17.9 Å². The van der Waals surface area contributed by atoms with Gasteiger partial charge in [-0.25, -0.2) is 9.59 Å². The molecule has 2 rings (SSSR count). The molecule has 0 unspecified atom stereocenters. The number of halogens is 3. The van der Waals surface area contributed by atoms with Crippen LogP contribution in [0.1, 0.15) is 65.3 Å². The predicted molar refractivity (Wildman–Crippen MR) is 108 cm³/mol. The molecule has 0 aliphatic heterocycles. The molecule has 0 bridgehead atoms. The molecule has 0 atom stereocenters. The molecule has 0 fully saturated rings. The first-order valence-corrected chi connectivity index (χ1v) is 10.1. The van der Waals surface area contributed by atoms with Crippen LogP contribution in [0, 0.1) is 0 Å². The summed E-state index contributed by atoms with van der Waals surface area (Å²) in [6, 6.07) is 10.9. The van der Waals surface area contributed by atoms with Gasteiger partial charge in [-0.15, -0.1) is 13.2 Å². The first-order valence-electron chi connectivity index (χ1n) is 10.1. The lowest BCUT2D eigenvalue weighted by atomic mass is 10.1. The number of rotatable bonds is 11. The molecule has 31 heavy (non-hydrogen) atoms. The summed E-state index contributed by atoms with van der Waals surface area (Å²) in [6.07, 6.45) is 0.516. The molecule has 0 amide bonds.